The molecule has 17 heavy (non-hydrogen) atoms. The van der Waals surface area contributed by atoms with Crippen molar-refractivity contribution in [3.05, 3.63) is 0 Å². The molecule has 2 heterocycles. The molecule has 0 aromatic carbocycles. The van der Waals surface area contributed by atoms with Gasteiger partial charge in [-0.25, -0.2) is 0 Å². The summed E-state index contributed by atoms with van der Waals surface area (Å²) in [6.07, 6.45) is 5.54. The number of hydrogen-bond acceptors (Lipinski definition) is 3. The molecular weight excluding hydrogens is 212 g/mol. The molecule has 0 saturated carbocycles. The molecule has 3 atom stereocenters. The molecule has 0 aliphatic carbocycles. The molecule has 2 aliphatic rings. The Morgan fingerprint density at radius 2 is 2.18 bits per heavy atom. The maximum atomic E-state index is 6.04. The number of hydrogen-bond donors (Lipinski definition) is 1. The summed E-state index contributed by atoms with van der Waals surface area (Å²) in [4.78, 5) is 2.66. The molecule has 2 fully saturated rings. The zero-order valence-corrected chi connectivity index (χ0v) is 11.8. The predicted molar refractivity (Wildman–Crippen MR) is 71.1 cm³/mol. The monoisotopic (exact) mass is 240 g/mol. The Morgan fingerprint density at radius 1 is 1.41 bits per heavy atom. The average molecular weight is 240 g/mol. The molecule has 0 amide bonds. The van der Waals surface area contributed by atoms with E-state index in [9.17, 15) is 0 Å². The first kappa shape index (κ1) is 13.3. The van der Waals surface area contributed by atoms with E-state index in [2.05, 4.69) is 37.9 Å². The van der Waals surface area contributed by atoms with Crippen molar-refractivity contribution in [3.8, 4) is 0 Å². The van der Waals surface area contributed by atoms with Gasteiger partial charge in [0.25, 0.3) is 0 Å². The minimum absolute atomic E-state index is 0.103. The van der Waals surface area contributed by atoms with Crippen LogP contribution >= 0.6 is 0 Å². The van der Waals surface area contributed by atoms with Crippen molar-refractivity contribution in [2.24, 2.45) is 0 Å². The van der Waals surface area contributed by atoms with Gasteiger partial charge in [0.1, 0.15) is 5.72 Å². The largest absolute Gasteiger partial charge is 0.357 e. The smallest absolute Gasteiger partial charge is 0.118 e. The number of likely N-dealkylation sites (tertiary alicyclic amines) is 1. The van der Waals surface area contributed by atoms with Crippen molar-refractivity contribution in [2.45, 2.75) is 77.3 Å². The van der Waals surface area contributed by atoms with E-state index in [-0.39, 0.29) is 5.72 Å². The second kappa shape index (κ2) is 5.25. The van der Waals surface area contributed by atoms with Crippen LogP contribution in [0.4, 0.5) is 0 Å². The molecule has 2 rings (SSSR count). The van der Waals surface area contributed by atoms with Gasteiger partial charge in [-0.1, -0.05) is 6.42 Å². The average Bonchev–Trinajstić information content (AvgIpc) is 2.59. The quantitative estimate of drug-likeness (QED) is 0.819. The topological polar surface area (TPSA) is 24.5 Å². The number of ether oxygens (including phenoxy) is 1. The van der Waals surface area contributed by atoms with Crippen LogP contribution in [0.5, 0.6) is 0 Å². The first-order valence-electron chi connectivity index (χ1n) is 7.19. The van der Waals surface area contributed by atoms with Crippen LogP contribution in [0.15, 0.2) is 0 Å². The Labute approximate surface area is 106 Å². The van der Waals surface area contributed by atoms with Gasteiger partial charge in [-0.15, -0.1) is 0 Å². The summed E-state index contributed by atoms with van der Waals surface area (Å²) in [6, 6.07) is 1.34. The molecule has 3 nitrogen and oxygen atoms in total. The van der Waals surface area contributed by atoms with E-state index >= 15 is 0 Å². The first-order chi connectivity index (χ1) is 8.00. The lowest BCUT2D eigenvalue weighted by molar-refractivity contribution is -0.0595. The van der Waals surface area contributed by atoms with Crippen LogP contribution in [0.2, 0.25) is 0 Å². The van der Waals surface area contributed by atoms with Gasteiger partial charge in [0.2, 0.25) is 0 Å². The van der Waals surface area contributed by atoms with Crippen molar-refractivity contribution in [3.63, 3.8) is 0 Å². The van der Waals surface area contributed by atoms with Gasteiger partial charge in [-0.05, 0) is 47.1 Å². The Kier molecular flexibility index (Phi) is 4.11. The van der Waals surface area contributed by atoms with Crippen LogP contribution in [-0.2, 0) is 4.74 Å². The molecule has 2 aliphatic heterocycles. The Balaban J connectivity index is 1.96. The summed E-state index contributed by atoms with van der Waals surface area (Å²) < 4.78 is 6.04. The lowest BCUT2D eigenvalue weighted by Gasteiger charge is -2.42. The Bertz CT molecular complexity index is 257. The summed E-state index contributed by atoms with van der Waals surface area (Å²) in [6.45, 7) is 11.2. The molecule has 0 aromatic heterocycles. The number of nitrogens with zero attached hydrogens (tertiary/aromatic N) is 1. The van der Waals surface area contributed by atoms with E-state index in [0.29, 0.717) is 18.2 Å². The molecule has 0 spiro atoms. The predicted octanol–water partition coefficient (Wildman–Crippen LogP) is 2.36. The second-order valence-electron chi connectivity index (χ2n) is 6.23. The highest BCUT2D eigenvalue weighted by molar-refractivity contribution is 4.89. The fourth-order valence-electron chi connectivity index (χ4n) is 3.38. The summed E-state index contributed by atoms with van der Waals surface area (Å²) in [5.74, 6) is 0. The van der Waals surface area contributed by atoms with E-state index in [1.165, 1.54) is 25.8 Å². The van der Waals surface area contributed by atoms with Gasteiger partial charge < -0.3 is 4.74 Å². The van der Waals surface area contributed by atoms with Crippen molar-refractivity contribution < 1.29 is 4.74 Å². The molecule has 1 N–H and O–H groups in total. The third kappa shape index (κ3) is 3.21. The van der Waals surface area contributed by atoms with Crippen molar-refractivity contribution in [1.82, 2.24) is 10.2 Å². The number of piperidine rings is 1. The maximum Gasteiger partial charge on any atom is 0.118 e. The standard InChI is InChI=1S/C14H28N2O/c1-11(2)16-8-6-5-7-13(16)9-14(4)15-10-12(3)17-14/h11-13,15H,5-10H2,1-4H3. The molecule has 3 heteroatoms. The van der Waals surface area contributed by atoms with Gasteiger partial charge in [0.15, 0.2) is 0 Å². The maximum absolute atomic E-state index is 6.04. The highest BCUT2D eigenvalue weighted by Gasteiger charge is 2.38. The van der Waals surface area contributed by atoms with Crippen LogP contribution < -0.4 is 5.32 Å². The molecule has 0 aromatic rings. The summed E-state index contributed by atoms with van der Waals surface area (Å²) >= 11 is 0. The van der Waals surface area contributed by atoms with Gasteiger partial charge in [-0.3, -0.25) is 10.2 Å². The van der Waals surface area contributed by atoms with Gasteiger partial charge in [-0.2, -0.15) is 0 Å². The SMILES string of the molecule is CC1CNC(C)(CC2CCCCN2C(C)C)O1. The Hall–Kier alpha value is -0.120. The highest BCUT2D eigenvalue weighted by Crippen LogP contribution is 2.29. The third-order valence-electron chi connectivity index (χ3n) is 4.19. The van der Waals surface area contributed by atoms with E-state index in [4.69, 9.17) is 4.74 Å². The van der Waals surface area contributed by atoms with Gasteiger partial charge >= 0.3 is 0 Å². The second-order valence-corrected chi connectivity index (χ2v) is 6.23. The Morgan fingerprint density at radius 3 is 2.76 bits per heavy atom. The van der Waals surface area contributed by atoms with E-state index in [0.717, 1.165) is 13.0 Å². The minimum atomic E-state index is -0.103. The minimum Gasteiger partial charge on any atom is -0.357 e. The summed E-state index contributed by atoms with van der Waals surface area (Å²) in [5, 5.41) is 3.54. The zero-order chi connectivity index (χ0) is 12.5. The van der Waals surface area contributed by atoms with Crippen molar-refractivity contribution in [1.29, 1.82) is 0 Å². The molecular formula is C14H28N2O. The highest BCUT2D eigenvalue weighted by atomic mass is 16.5. The molecule has 100 valence electrons. The third-order valence-corrected chi connectivity index (χ3v) is 4.19. The van der Waals surface area contributed by atoms with E-state index < -0.39 is 0 Å². The fraction of sp³-hybridized carbons (Fsp3) is 1.00. The number of rotatable bonds is 3. The molecule has 0 radical (unpaired) electrons. The van der Waals surface area contributed by atoms with Crippen molar-refractivity contribution >= 4 is 0 Å². The van der Waals surface area contributed by atoms with E-state index in [1.54, 1.807) is 0 Å². The normalized spacial score (nSPS) is 40.1. The lowest BCUT2D eigenvalue weighted by Crippen LogP contribution is -2.50. The van der Waals surface area contributed by atoms with Crippen LogP contribution in [-0.4, -0.2) is 41.9 Å². The van der Waals surface area contributed by atoms with Crippen molar-refractivity contribution in [2.75, 3.05) is 13.1 Å². The number of nitrogens with one attached hydrogen (secondary N) is 1. The summed E-state index contributed by atoms with van der Waals surface area (Å²) in [7, 11) is 0. The van der Waals surface area contributed by atoms with Gasteiger partial charge in [0, 0.05) is 25.0 Å². The first-order valence-corrected chi connectivity index (χ1v) is 7.19. The van der Waals surface area contributed by atoms with Gasteiger partial charge in [0.05, 0.1) is 6.10 Å². The molecule has 0 bridgehead atoms. The van der Waals surface area contributed by atoms with Crippen LogP contribution in [0.3, 0.4) is 0 Å². The van der Waals surface area contributed by atoms with Crippen LogP contribution in [0.25, 0.3) is 0 Å². The summed E-state index contributed by atoms with van der Waals surface area (Å²) in [5.41, 5.74) is -0.103. The van der Waals surface area contributed by atoms with E-state index in [1.807, 2.05) is 0 Å². The fourth-order valence-corrected chi connectivity index (χ4v) is 3.38. The zero-order valence-electron chi connectivity index (χ0n) is 11.8. The van der Waals surface area contributed by atoms with Crippen LogP contribution in [0, 0.1) is 0 Å². The lowest BCUT2D eigenvalue weighted by atomic mass is 9.93. The molecule has 2 saturated heterocycles. The molecule has 3 unspecified atom stereocenters. The van der Waals surface area contributed by atoms with Crippen LogP contribution in [0.1, 0.15) is 53.4 Å².